The van der Waals surface area contributed by atoms with Gasteiger partial charge in [-0.3, -0.25) is 14.4 Å². The summed E-state index contributed by atoms with van der Waals surface area (Å²) in [5.41, 5.74) is -0.583. The number of aryl methyl sites for hydroxylation is 1. The van der Waals surface area contributed by atoms with Crippen molar-refractivity contribution in [2.75, 3.05) is 7.11 Å². The van der Waals surface area contributed by atoms with E-state index in [2.05, 4.69) is 19.2 Å². The number of carbonyl (C=O) groups is 3. The largest absolute Gasteiger partial charge is 0.468 e. The van der Waals surface area contributed by atoms with E-state index in [1.165, 1.54) is 7.11 Å². The zero-order chi connectivity index (χ0) is 27.0. The molecule has 1 saturated heterocycles. The molecule has 0 unspecified atom stereocenters. The summed E-state index contributed by atoms with van der Waals surface area (Å²) in [4.78, 5) is 42.4. The molecule has 4 heterocycles. The molecule has 4 atom stereocenters. The fourth-order valence-electron chi connectivity index (χ4n) is 5.83. The van der Waals surface area contributed by atoms with Crippen LogP contribution in [0.1, 0.15) is 56.8 Å². The molecule has 5 rings (SSSR count). The number of hydrogen-bond acceptors (Lipinski definition) is 7. The normalized spacial score (nSPS) is 27.2. The van der Waals surface area contributed by atoms with Gasteiger partial charge in [-0.15, -0.1) is 0 Å². The van der Waals surface area contributed by atoms with Crippen molar-refractivity contribution < 1.29 is 32.7 Å². The smallest absolute Gasteiger partial charge is 0.320 e. The van der Waals surface area contributed by atoms with Crippen molar-refractivity contribution in [2.24, 2.45) is 23.2 Å². The molecule has 9 nitrogen and oxygen atoms in total. The van der Waals surface area contributed by atoms with Gasteiger partial charge in [0.1, 0.15) is 22.7 Å². The minimum Gasteiger partial charge on any atom is -0.468 e. The van der Waals surface area contributed by atoms with Gasteiger partial charge in [0.25, 0.3) is 0 Å². The Morgan fingerprint density at radius 1 is 1.21 bits per heavy atom. The summed E-state index contributed by atoms with van der Waals surface area (Å²) >= 11 is 0. The Balaban J connectivity index is 1.50. The minimum absolute atomic E-state index is 0.0653. The van der Waals surface area contributed by atoms with E-state index in [9.17, 15) is 14.4 Å². The Labute approximate surface area is 222 Å². The van der Waals surface area contributed by atoms with Crippen molar-refractivity contribution >= 4 is 17.8 Å². The molecular weight excluding hydrogens is 488 g/mol. The Bertz CT molecular complexity index is 1210. The molecular formula is C29H36N2O7. The van der Waals surface area contributed by atoms with Crippen LogP contribution in [0.3, 0.4) is 0 Å². The highest BCUT2D eigenvalue weighted by Gasteiger charge is 2.64. The number of likely N-dealkylation sites (tertiary alicyclic amines) is 1. The first-order valence-electron chi connectivity index (χ1n) is 13.3. The molecule has 1 aliphatic carbocycles. The van der Waals surface area contributed by atoms with Crippen LogP contribution in [0.15, 0.2) is 51.1 Å². The van der Waals surface area contributed by atoms with Gasteiger partial charge in [0.2, 0.25) is 11.8 Å². The molecule has 9 heteroatoms. The van der Waals surface area contributed by atoms with Crippen molar-refractivity contribution in [3.63, 3.8) is 0 Å². The lowest BCUT2D eigenvalue weighted by atomic mass is 9.64. The number of methoxy groups -OCH3 is 1. The number of rotatable bonds is 9. The van der Waals surface area contributed by atoms with E-state index in [0.29, 0.717) is 17.2 Å². The summed E-state index contributed by atoms with van der Waals surface area (Å²) in [7, 11) is 1.37. The second-order valence-electron chi connectivity index (χ2n) is 11.0. The molecule has 0 bridgehead atoms. The van der Waals surface area contributed by atoms with Crippen molar-refractivity contribution in [1.29, 1.82) is 0 Å². The van der Waals surface area contributed by atoms with Crippen LogP contribution in [0, 0.1) is 30.1 Å². The van der Waals surface area contributed by atoms with Gasteiger partial charge in [-0.05, 0) is 68.4 Å². The minimum atomic E-state index is -1.19. The molecule has 2 amide bonds. The average molecular weight is 525 g/mol. The van der Waals surface area contributed by atoms with Gasteiger partial charge in [-0.25, -0.2) is 0 Å². The summed E-state index contributed by atoms with van der Waals surface area (Å²) in [5, 5.41) is 2.85. The SMILES string of the molecule is COC(=O)[C@]12C[C@H](CC(=O)NCc3ccc(C)o3)C(=O)N(Cc3ccco3)C1=C[C@H](C(C)C)O[C@@H]2C1CC1. The van der Waals surface area contributed by atoms with Crippen LogP contribution in [0.2, 0.25) is 0 Å². The number of piperidine rings is 1. The molecule has 1 N–H and O–H groups in total. The highest BCUT2D eigenvalue weighted by Crippen LogP contribution is 2.56. The van der Waals surface area contributed by atoms with Gasteiger partial charge in [-0.2, -0.15) is 0 Å². The number of carbonyl (C=O) groups excluding carboxylic acids is 3. The number of amides is 2. The maximum Gasteiger partial charge on any atom is 0.320 e. The fraction of sp³-hybridized carbons (Fsp3) is 0.552. The van der Waals surface area contributed by atoms with E-state index in [0.717, 1.165) is 18.6 Å². The second kappa shape index (κ2) is 10.4. The topological polar surface area (TPSA) is 111 Å². The Hall–Kier alpha value is -3.33. The first-order chi connectivity index (χ1) is 18.2. The number of furan rings is 2. The molecule has 204 valence electrons. The quantitative estimate of drug-likeness (QED) is 0.492. The Morgan fingerprint density at radius 3 is 2.61 bits per heavy atom. The van der Waals surface area contributed by atoms with Crippen LogP contribution < -0.4 is 5.32 Å². The molecule has 0 radical (unpaired) electrons. The first-order valence-corrected chi connectivity index (χ1v) is 13.3. The second-order valence-corrected chi connectivity index (χ2v) is 11.0. The van der Waals surface area contributed by atoms with Crippen molar-refractivity contribution in [3.05, 3.63) is 59.6 Å². The zero-order valence-electron chi connectivity index (χ0n) is 22.4. The van der Waals surface area contributed by atoms with Crippen molar-refractivity contribution in [2.45, 2.75) is 71.8 Å². The van der Waals surface area contributed by atoms with Crippen molar-refractivity contribution in [1.82, 2.24) is 10.2 Å². The van der Waals surface area contributed by atoms with E-state index in [4.69, 9.17) is 18.3 Å². The van der Waals surface area contributed by atoms with Crippen LogP contribution >= 0.6 is 0 Å². The lowest BCUT2D eigenvalue weighted by molar-refractivity contribution is -0.182. The fourth-order valence-corrected chi connectivity index (χ4v) is 5.83. The summed E-state index contributed by atoms with van der Waals surface area (Å²) in [6.07, 6.45) is 4.76. The monoisotopic (exact) mass is 524 g/mol. The molecule has 0 aromatic carbocycles. The number of ether oxygens (including phenoxy) is 2. The van der Waals surface area contributed by atoms with E-state index >= 15 is 0 Å². The number of nitrogens with zero attached hydrogens (tertiary/aromatic N) is 1. The number of fused-ring (bicyclic) bond motifs is 1. The lowest BCUT2D eigenvalue weighted by Crippen LogP contribution is -2.61. The van der Waals surface area contributed by atoms with Gasteiger partial charge in [0, 0.05) is 18.0 Å². The van der Waals surface area contributed by atoms with Crippen LogP contribution in [0.4, 0.5) is 0 Å². The first kappa shape index (κ1) is 26.3. The Kier molecular flexibility index (Phi) is 7.22. The third-order valence-electron chi connectivity index (χ3n) is 7.88. The van der Waals surface area contributed by atoms with Crippen LogP contribution in [0.25, 0.3) is 0 Å². The van der Waals surface area contributed by atoms with Crippen molar-refractivity contribution in [3.8, 4) is 0 Å². The predicted molar refractivity (Wildman–Crippen MR) is 136 cm³/mol. The van der Waals surface area contributed by atoms with Gasteiger partial charge in [0.05, 0.1) is 38.7 Å². The molecule has 2 aromatic rings. The summed E-state index contributed by atoms with van der Waals surface area (Å²) in [6.45, 7) is 6.34. The average Bonchev–Trinajstić information content (AvgIpc) is 3.44. The maximum atomic E-state index is 14.0. The number of esters is 1. The molecule has 2 fully saturated rings. The van der Waals surface area contributed by atoms with E-state index < -0.39 is 23.4 Å². The molecule has 2 aliphatic heterocycles. The highest BCUT2D eigenvalue weighted by molar-refractivity contribution is 5.92. The van der Waals surface area contributed by atoms with E-state index in [1.807, 2.05) is 19.1 Å². The maximum absolute atomic E-state index is 14.0. The van der Waals surface area contributed by atoms with E-state index in [1.54, 1.807) is 29.4 Å². The third kappa shape index (κ3) is 4.91. The van der Waals surface area contributed by atoms with Gasteiger partial charge >= 0.3 is 5.97 Å². The third-order valence-corrected chi connectivity index (χ3v) is 7.88. The van der Waals surface area contributed by atoms with Crippen LogP contribution in [-0.4, -0.2) is 42.0 Å². The van der Waals surface area contributed by atoms with Gasteiger partial charge in [0.15, 0.2) is 0 Å². The zero-order valence-corrected chi connectivity index (χ0v) is 22.4. The Morgan fingerprint density at radius 2 is 2.00 bits per heavy atom. The van der Waals surface area contributed by atoms with Gasteiger partial charge in [-0.1, -0.05) is 13.8 Å². The van der Waals surface area contributed by atoms with Crippen LogP contribution in [0.5, 0.6) is 0 Å². The molecule has 0 spiro atoms. The highest BCUT2D eigenvalue weighted by atomic mass is 16.5. The molecule has 3 aliphatic rings. The summed E-state index contributed by atoms with van der Waals surface area (Å²) in [6, 6.07) is 7.20. The lowest BCUT2D eigenvalue weighted by Gasteiger charge is -2.52. The van der Waals surface area contributed by atoms with Crippen LogP contribution in [-0.2, 0) is 36.9 Å². The standard InChI is InChI=1S/C29H36N2O7/c1-17(2)23-13-24-29(28(34)35-4,26(38-23)19-8-9-19)14-20(27(33)31(24)16-22-6-5-11-36-22)12-25(32)30-15-21-10-7-18(3)37-21/h5-7,10-11,13,17,19-20,23,26H,8-9,12,14-16H2,1-4H3,(H,30,32)/t20-,23+,26+,29+/m0/s1. The number of hydrogen-bond donors (Lipinski definition) is 1. The van der Waals surface area contributed by atoms with E-state index in [-0.39, 0.29) is 55.7 Å². The predicted octanol–water partition coefficient (Wildman–Crippen LogP) is 4.11. The van der Waals surface area contributed by atoms with Gasteiger partial charge < -0.3 is 28.5 Å². The summed E-state index contributed by atoms with van der Waals surface area (Å²) in [5.74, 6) is 0.646. The summed E-state index contributed by atoms with van der Waals surface area (Å²) < 4.78 is 23.1. The molecule has 2 aromatic heterocycles. The number of nitrogens with one attached hydrogen (secondary N) is 1. The molecule has 38 heavy (non-hydrogen) atoms. The molecule has 1 saturated carbocycles.